The van der Waals surface area contributed by atoms with Crippen LogP contribution in [-0.2, 0) is 0 Å². The van der Waals surface area contributed by atoms with Crippen LogP contribution in [0, 0.1) is 5.82 Å². The molecule has 0 spiro atoms. The van der Waals surface area contributed by atoms with Crippen molar-refractivity contribution in [2.24, 2.45) is 5.73 Å². The van der Waals surface area contributed by atoms with Gasteiger partial charge in [-0.05, 0) is 24.3 Å². The summed E-state index contributed by atoms with van der Waals surface area (Å²) < 4.78 is 14.2. The number of hydrogen-bond donors (Lipinski definition) is 2. The number of nitrogens with two attached hydrogens (primary N) is 1. The van der Waals surface area contributed by atoms with Crippen molar-refractivity contribution in [3.8, 4) is 11.3 Å². The molecule has 0 saturated carbocycles. The summed E-state index contributed by atoms with van der Waals surface area (Å²) in [4.78, 5) is 10.8. The first-order valence-electron chi connectivity index (χ1n) is 4.38. The van der Waals surface area contributed by atoms with Gasteiger partial charge in [-0.3, -0.25) is 9.89 Å². The molecule has 16 heavy (non-hydrogen) atoms. The summed E-state index contributed by atoms with van der Waals surface area (Å²) in [5.41, 5.74) is 5.85. The van der Waals surface area contributed by atoms with E-state index in [1.165, 1.54) is 12.1 Å². The second kappa shape index (κ2) is 4.05. The molecule has 82 valence electrons. The molecule has 2 rings (SSSR count). The molecule has 1 aromatic heterocycles. The summed E-state index contributed by atoms with van der Waals surface area (Å²) in [6.07, 6.45) is 0. The van der Waals surface area contributed by atoms with Crippen LogP contribution in [0.5, 0.6) is 0 Å². The number of aromatic nitrogens is 2. The maximum Gasteiger partial charge on any atom is 0.266 e. The zero-order chi connectivity index (χ0) is 11.7. The number of H-pyrrole nitrogens is 1. The van der Waals surface area contributed by atoms with Crippen molar-refractivity contribution in [2.75, 3.05) is 0 Å². The molecule has 2 aromatic rings. The molecular weight excluding hydrogens is 277 g/mol. The van der Waals surface area contributed by atoms with Crippen molar-refractivity contribution >= 4 is 21.8 Å². The maximum absolute atomic E-state index is 13.5. The Hall–Kier alpha value is -1.69. The topological polar surface area (TPSA) is 71.8 Å². The second-order valence-corrected chi connectivity index (χ2v) is 4.07. The number of primary amides is 1. The Kier molecular flexibility index (Phi) is 2.74. The number of carbonyl (C=O) groups is 1. The molecular formula is C10H7BrFN3O. The summed E-state index contributed by atoms with van der Waals surface area (Å²) in [5, 5.41) is 6.27. The molecule has 1 heterocycles. The number of hydrogen-bond acceptors (Lipinski definition) is 2. The molecule has 0 saturated heterocycles. The molecule has 0 aliphatic carbocycles. The third-order valence-corrected chi connectivity index (χ3v) is 2.54. The van der Waals surface area contributed by atoms with Gasteiger partial charge in [-0.25, -0.2) is 4.39 Å². The average molecular weight is 284 g/mol. The minimum Gasteiger partial charge on any atom is -0.364 e. The minimum absolute atomic E-state index is 0.148. The van der Waals surface area contributed by atoms with Gasteiger partial charge in [-0.15, -0.1) is 0 Å². The molecule has 0 atom stereocenters. The molecule has 0 aliphatic rings. The number of nitrogens with zero attached hydrogens (tertiary/aromatic N) is 1. The van der Waals surface area contributed by atoms with Gasteiger partial charge in [0.1, 0.15) is 11.5 Å². The van der Waals surface area contributed by atoms with E-state index in [9.17, 15) is 9.18 Å². The summed E-state index contributed by atoms with van der Waals surface area (Å²) in [6.45, 7) is 0. The van der Waals surface area contributed by atoms with Gasteiger partial charge in [0.2, 0.25) is 0 Å². The van der Waals surface area contributed by atoms with E-state index in [-0.39, 0.29) is 5.69 Å². The van der Waals surface area contributed by atoms with E-state index in [2.05, 4.69) is 26.1 Å². The molecule has 0 unspecified atom stereocenters. The van der Waals surface area contributed by atoms with E-state index in [1.54, 1.807) is 12.1 Å². The lowest BCUT2D eigenvalue weighted by molar-refractivity contribution is 0.0995. The van der Waals surface area contributed by atoms with Crippen LogP contribution in [0.1, 0.15) is 10.5 Å². The van der Waals surface area contributed by atoms with Crippen LogP contribution in [0.3, 0.4) is 0 Å². The predicted molar refractivity (Wildman–Crippen MR) is 60.2 cm³/mol. The normalized spacial score (nSPS) is 10.4. The highest BCUT2D eigenvalue weighted by Gasteiger charge is 2.11. The Labute approximate surface area is 98.8 Å². The van der Waals surface area contributed by atoms with Crippen molar-refractivity contribution < 1.29 is 9.18 Å². The molecule has 0 bridgehead atoms. The Morgan fingerprint density at radius 2 is 2.19 bits per heavy atom. The molecule has 0 aliphatic heterocycles. The monoisotopic (exact) mass is 283 g/mol. The molecule has 1 aromatic carbocycles. The Morgan fingerprint density at radius 1 is 1.44 bits per heavy atom. The fourth-order valence-corrected chi connectivity index (χ4v) is 1.64. The van der Waals surface area contributed by atoms with Crippen LogP contribution in [0.15, 0.2) is 28.7 Å². The van der Waals surface area contributed by atoms with Crippen LogP contribution in [0.25, 0.3) is 11.3 Å². The highest BCUT2D eigenvalue weighted by molar-refractivity contribution is 9.10. The molecule has 3 N–H and O–H groups in total. The van der Waals surface area contributed by atoms with E-state index in [0.29, 0.717) is 11.3 Å². The zero-order valence-corrected chi connectivity index (χ0v) is 9.58. The number of rotatable bonds is 2. The molecule has 1 amide bonds. The Bertz CT molecular complexity index is 553. The van der Waals surface area contributed by atoms with Gasteiger partial charge >= 0.3 is 0 Å². The van der Waals surface area contributed by atoms with Crippen LogP contribution >= 0.6 is 15.9 Å². The summed E-state index contributed by atoms with van der Waals surface area (Å²) in [7, 11) is 0. The van der Waals surface area contributed by atoms with Crippen LogP contribution in [-0.4, -0.2) is 16.1 Å². The fraction of sp³-hybridized carbons (Fsp3) is 0. The van der Waals surface area contributed by atoms with Crippen LogP contribution < -0.4 is 5.73 Å². The molecule has 0 radical (unpaired) electrons. The summed E-state index contributed by atoms with van der Waals surface area (Å²) in [5.74, 6) is -1.04. The fourth-order valence-electron chi connectivity index (χ4n) is 1.28. The summed E-state index contributed by atoms with van der Waals surface area (Å²) in [6, 6.07) is 5.89. The van der Waals surface area contributed by atoms with Gasteiger partial charge in [-0.2, -0.15) is 5.10 Å². The quantitative estimate of drug-likeness (QED) is 0.886. The van der Waals surface area contributed by atoms with Gasteiger partial charge in [-0.1, -0.05) is 15.9 Å². The standard InChI is InChI=1S/C10H7BrFN3O/c11-5-1-2-7(12)6(3-5)8-4-9(10(13)16)15-14-8/h1-4H,(H2,13,16)(H,14,15). The lowest BCUT2D eigenvalue weighted by Crippen LogP contribution is -2.10. The zero-order valence-electron chi connectivity index (χ0n) is 8.00. The highest BCUT2D eigenvalue weighted by atomic mass is 79.9. The molecule has 4 nitrogen and oxygen atoms in total. The van der Waals surface area contributed by atoms with E-state index in [0.717, 1.165) is 4.47 Å². The lowest BCUT2D eigenvalue weighted by Gasteiger charge is -1.99. The second-order valence-electron chi connectivity index (χ2n) is 3.16. The van der Waals surface area contributed by atoms with Gasteiger partial charge < -0.3 is 5.73 Å². The highest BCUT2D eigenvalue weighted by Crippen LogP contribution is 2.24. The van der Waals surface area contributed by atoms with E-state index < -0.39 is 11.7 Å². The van der Waals surface area contributed by atoms with Gasteiger partial charge in [0.15, 0.2) is 0 Å². The van der Waals surface area contributed by atoms with Gasteiger partial charge in [0, 0.05) is 10.0 Å². The van der Waals surface area contributed by atoms with Crippen molar-refractivity contribution in [2.45, 2.75) is 0 Å². The largest absolute Gasteiger partial charge is 0.364 e. The lowest BCUT2D eigenvalue weighted by atomic mass is 10.1. The van der Waals surface area contributed by atoms with E-state index in [4.69, 9.17) is 5.73 Å². The number of halogens is 2. The number of amides is 1. The number of aromatic amines is 1. The first-order valence-corrected chi connectivity index (χ1v) is 5.18. The van der Waals surface area contributed by atoms with Crippen LogP contribution in [0.4, 0.5) is 4.39 Å². The first kappa shape index (κ1) is 10.8. The number of benzene rings is 1. The maximum atomic E-state index is 13.5. The van der Waals surface area contributed by atoms with Crippen LogP contribution in [0.2, 0.25) is 0 Å². The SMILES string of the molecule is NC(=O)c1cc(-c2cc(Br)ccc2F)n[nH]1. The summed E-state index contributed by atoms with van der Waals surface area (Å²) >= 11 is 3.23. The van der Waals surface area contributed by atoms with Crippen molar-refractivity contribution in [1.82, 2.24) is 10.2 Å². The number of nitrogens with one attached hydrogen (secondary N) is 1. The average Bonchev–Trinajstić information content (AvgIpc) is 2.70. The first-order chi connectivity index (χ1) is 7.58. The molecule has 0 fully saturated rings. The van der Waals surface area contributed by atoms with Crippen molar-refractivity contribution in [1.29, 1.82) is 0 Å². The smallest absolute Gasteiger partial charge is 0.266 e. The molecule has 6 heteroatoms. The number of carbonyl (C=O) groups excluding carboxylic acids is 1. The third-order valence-electron chi connectivity index (χ3n) is 2.05. The Balaban J connectivity index is 2.50. The van der Waals surface area contributed by atoms with Crippen molar-refractivity contribution in [3.63, 3.8) is 0 Å². The van der Waals surface area contributed by atoms with Crippen molar-refractivity contribution in [3.05, 3.63) is 40.2 Å². The predicted octanol–water partition coefficient (Wildman–Crippen LogP) is 2.08. The minimum atomic E-state index is -0.630. The van der Waals surface area contributed by atoms with Gasteiger partial charge in [0.05, 0.1) is 5.69 Å². The Morgan fingerprint density at radius 3 is 2.81 bits per heavy atom. The third kappa shape index (κ3) is 1.96. The van der Waals surface area contributed by atoms with Gasteiger partial charge in [0.25, 0.3) is 5.91 Å². The van der Waals surface area contributed by atoms with E-state index in [1.807, 2.05) is 0 Å². The van der Waals surface area contributed by atoms with E-state index >= 15 is 0 Å².